The third-order valence-electron chi connectivity index (χ3n) is 9.89. The Balaban J connectivity index is 4.35. The van der Waals surface area contributed by atoms with Gasteiger partial charge in [-0.15, -0.1) is 0 Å². The number of phosphoric acid groups is 1. The maximum Gasteiger partial charge on any atom is 0.472 e. The first-order chi connectivity index (χ1) is 28.1. The molecule has 0 aromatic heterocycles. The summed E-state index contributed by atoms with van der Waals surface area (Å²) in [6, 6.07) is -1.53. The number of unbranched alkanes of at least 4 members (excludes halogenated alkanes) is 23. The van der Waals surface area contributed by atoms with E-state index in [0.29, 0.717) is 12.8 Å². The molecule has 338 valence electrons. The normalized spacial score (nSPS) is 14.0. The summed E-state index contributed by atoms with van der Waals surface area (Å²) in [7, 11) is -4.72. The van der Waals surface area contributed by atoms with E-state index in [1.807, 2.05) is 0 Å². The maximum atomic E-state index is 12.6. The van der Waals surface area contributed by atoms with E-state index in [2.05, 4.69) is 54.8 Å². The second kappa shape index (κ2) is 41.4. The Morgan fingerprint density at radius 1 is 0.534 bits per heavy atom. The third kappa shape index (κ3) is 40.5. The average Bonchev–Trinajstić information content (AvgIpc) is 3.20. The van der Waals surface area contributed by atoms with Crippen molar-refractivity contribution in [3.8, 4) is 0 Å². The lowest BCUT2D eigenvalue weighted by Crippen LogP contribution is -2.34. The van der Waals surface area contributed by atoms with Gasteiger partial charge in [-0.25, -0.2) is 4.57 Å². The molecular weight excluding hydrogens is 757 g/mol. The number of ether oxygens (including phenoxy) is 2. The van der Waals surface area contributed by atoms with Gasteiger partial charge in [0.2, 0.25) is 0 Å². The minimum Gasteiger partial charge on any atom is -0.480 e. The first kappa shape index (κ1) is 55.7. The molecule has 0 bridgehead atoms. The molecule has 0 radical (unpaired) electrons. The molecule has 0 saturated heterocycles. The molecule has 0 aromatic rings. The lowest BCUT2D eigenvalue weighted by atomic mass is 10.0. The van der Waals surface area contributed by atoms with Crippen molar-refractivity contribution in [3.05, 3.63) is 36.5 Å². The number of phosphoric ester groups is 1. The zero-order chi connectivity index (χ0) is 42.8. The summed E-state index contributed by atoms with van der Waals surface area (Å²) < 4.78 is 32.7. The Morgan fingerprint density at radius 3 is 1.40 bits per heavy atom. The molecule has 0 heterocycles. The van der Waals surface area contributed by atoms with Crippen LogP contribution in [0, 0.1) is 0 Å². The summed E-state index contributed by atoms with van der Waals surface area (Å²) in [6.07, 6.45) is 45.0. The van der Waals surface area contributed by atoms with Crippen molar-refractivity contribution in [2.45, 2.75) is 219 Å². The number of carbonyl (C=O) groups excluding carboxylic acids is 2. The minimum absolute atomic E-state index is 0.156. The predicted octanol–water partition coefficient (Wildman–Crippen LogP) is 12.4. The zero-order valence-electron chi connectivity index (χ0n) is 36.6. The Hall–Kier alpha value is -2.30. The van der Waals surface area contributed by atoms with Gasteiger partial charge in [0, 0.05) is 12.8 Å². The molecule has 0 spiro atoms. The molecule has 3 atom stereocenters. The van der Waals surface area contributed by atoms with Crippen molar-refractivity contribution < 1.29 is 47.5 Å². The third-order valence-corrected chi connectivity index (χ3v) is 10.8. The van der Waals surface area contributed by atoms with E-state index in [4.69, 9.17) is 24.8 Å². The van der Waals surface area contributed by atoms with Crippen LogP contribution in [0.3, 0.4) is 0 Å². The molecule has 0 amide bonds. The van der Waals surface area contributed by atoms with Gasteiger partial charge in [0.1, 0.15) is 12.6 Å². The summed E-state index contributed by atoms with van der Waals surface area (Å²) in [5.41, 5.74) is 5.34. The van der Waals surface area contributed by atoms with Crippen LogP contribution < -0.4 is 5.73 Å². The van der Waals surface area contributed by atoms with E-state index < -0.39 is 51.1 Å². The number of carbonyl (C=O) groups is 3. The largest absolute Gasteiger partial charge is 0.480 e. The van der Waals surface area contributed by atoms with Crippen molar-refractivity contribution in [2.24, 2.45) is 5.73 Å². The lowest BCUT2D eigenvalue weighted by Gasteiger charge is -2.20. The fourth-order valence-corrected chi connectivity index (χ4v) is 7.03. The van der Waals surface area contributed by atoms with Crippen LogP contribution in [0.25, 0.3) is 0 Å². The molecule has 58 heavy (non-hydrogen) atoms. The van der Waals surface area contributed by atoms with Crippen molar-refractivity contribution in [1.29, 1.82) is 0 Å². The van der Waals surface area contributed by atoms with Crippen LogP contribution in [0.4, 0.5) is 0 Å². The topological polar surface area (TPSA) is 172 Å². The first-order valence-electron chi connectivity index (χ1n) is 23.0. The number of nitrogens with two attached hydrogens (primary N) is 1. The van der Waals surface area contributed by atoms with Gasteiger partial charge in [-0.1, -0.05) is 179 Å². The number of esters is 2. The van der Waals surface area contributed by atoms with Gasteiger partial charge in [-0.3, -0.25) is 23.4 Å². The van der Waals surface area contributed by atoms with E-state index in [1.165, 1.54) is 116 Å². The molecule has 12 heteroatoms. The van der Waals surface area contributed by atoms with Crippen LogP contribution in [0.2, 0.25) is 0 Å². The SMILES string of the molecule is CCCCC/C=C\C/C=C\C/C=C\CCCCC(=O)OC[C@H](COP(=O)(O)OC[C@H](N)C(=O)O)OC(=O)CCCCCCCCCCCCCCCCCCCCC. The van der Waals surface area contributed by atoms with E-state index >= 15 is 0 Å². The van der Waals surface area contributed by atoms with Crippen LogP contribution in [-0.4, -0.2) is 59.9 Å². The molecule has 11 nitrogen and oxygen atoms in total. The summed E-state index contributed by atoms with van der Waals surface area (Å²) >= 11 is 0. The Morgan fingerprint density at radius 2 is 0.914 bits per heavy atom. The van der Waals surface area contributed by atoms with Gasteiger partial charge in [0.15, 0.2) is 6.10 Å². The molecule has 0 fully saturated rings. The molecule has 0 rings (SSSR count). The molecular formula is C46H84NO10P. The Labute approximate surface area is 353 Å². The van der Waals surface area contributed by atoms with E-state index in [-0.39, 0.29) is 19.4 Å². The molecule has 0 saturated carbocycles. The first-order valence-corrected chi connectivity index (χ1v) is 24.5. The highest BCUT2D eigenvalue weighted by Crippen LogP contribution is 2.43. The van der Waals surface area contributed by atoms with Gasteiger partial charge in [-0.05, 0) is 51.4 Å². The van der Waals surface area contributed by atoms with Crippen molar-refractivity contribution in [1.82, 2.24) is 0 Å². The van der Waals surface area contributed by atoms with E-state index in [0.717, 1.165) is 51.4 Å². The van der Waals surface area contributed by atoms with Crippen LogP contribution >= 0.6 is 7.82 Å². The van der Waals surface area contributed by atoms with E-state index in [1.54, 1.807) is 0 Å². The predicted molar refractivity (Wildman–Crippen MR) is 235 cm³/mol. The molecule has 0 aliphatic heterocycles. The van der Waals surface area contributed by atoms with Crippen molar-refractivity contribution >= 4 is 25.7 Å². The van der Waals surface area contributed by atoms with Crippen LogP contribution in [0.5, 0.6) is 0 Å². The highest BCUT2D eigenvalue weighted by atomic mass is 31.2. The number of rotatable bonds is 43. The standard InChI is InChI=1S/C46H84NO10P/c1-3-5-7-9-11-13-15-17-19-20-21-22-24-26-28-30-32-34-36-38-45(49)57-42(40-55-58(52,53)56-41-43(47)46(50)51)39-54-44(48)37-35-33-31-29-27-25-23-18-16-14-12-10-8-6-4-2/h12,14,18,23,27,29,42-43H,3-11,13,15-17,19-22,24-26,28,30-41,47H2,1-2H3,(H,50,51)(H,52,53)/b14-12-,23-18-,29-27-/t42-,43+/m1/s1. The monoisotopic (exact) mass is 842 g/mol. The molecule has 4 N–H and O–H groups in total. The van der Waals surface area contributed by atoms with Gasteiger partial charge < -0.3 is 25.2 Å². The Bertz CT molecular complexity index is 1130. The number of carboxylic acid groups (broad SMARTS) is 1. The van der Waals surface area contributed by atoms with Gasteiger partial charge in [-0.2, -0.15) is 0 Å². The maximum absolute atomic E-state index is 12.6. The summed E-state index contributed by atoms with van der Waals surface area (Å²) in [4.78, 5) is 46.0. The highest BCUT2D eigenvalue weighted by molar-refractivity contribution is 7.47. The number of hydrogen-bond acceptors (Lipinski definition) is 9. The number of carboxylic acids is 1. The summed E-state index contributed by atoms with van der Waals surface area (Å²) in [6.45, 7) is 2.76. The molecule has 0 aromatic carbocycles. The van der Waals surface area contributed by atoms with Crippen LogP contribution in [-0.2, 0) is 37.5 Å². The smallest absolute Gasteiger partial charge is 0.472 e. The lowest BCUT2D eigenvalue weighted by molar-refractivity contribution is -0.161. The van der Waals surface area contributed by atoms with Gasteiger partial charge in [0.05, 0.1) is 13.2 Å². The van der Waals surface area contributed by atoms with Crippen molar-refractivity contribution in [3.63, 3.8) is 0 Å². The number of hydrogen-bond donors (Lipinski definition) is 3. The second-order valence-corrected chi connectivity index (χ2v) is 17.0. The highest BCUT2D eigenvalue weighted by Gasteiger charge is 2.28. The quantitative estimate of drug-likeness (QED) is 0.0231. The molecule has 1 unspecified atom stereocenters. The summed E-state index contributed by atoms with van der Waals surface area (Å²) in [5, 5.41) is 8.89. The second-order valence-electron chi connectivity index (χ2n) is 15.5. The van der Waals surface area contributed by atoms with Crippen LogP contribution in [0.1, 0.15) is 206 Å². The average molecular weight is 842 g/mol. The molecule has 0 aliphatic rings. The summed E-state index contributed by atoms with van der Waals surface area (Å²) in [5.74, 6) is -2.42. The fourth-order valence-electron chi connectivity index (χ4n) is 6.25. The minimum atomic E-state index is -4.72. The van der Waals surface area contributed by atoms with Gasteiger partial charge in [0.25, 0.3) is 0 Å². The zero-order valence-corrected chi connectivity index (χ0v) is 37.5. The van der Waals surface area contributed by atoms with Crippen LogP contribution in [0.15, 0.2) is 36.5 Å². The molecule has 0 aliphatic carbocycles. The number of aliphatic carboxylic acids is 1. The number of allylic oxidation sites excluding steroid dienone is 6. The van der Waals surface area contributed by atoms with E-state index in [9.17, 15) is 23.8 Å². The Kier molecular flexibility index (Phi) is 39.8. The van der Waals surface area contributed by atoms with Crippen molar-refractivity contribution in [2.75, 3.05) is 19.8 Å². The van der Waals surface area contributed by atoms with Gasteiger partial charge >= 0.3 is 25.7 Å². The fraction of sp³-hybridized carbons (Fsp3) is 0.804.